The lowest BCUT2D eigenvalue weighted by atomic mass is 9.71. The Bertz CT molecular complexity index is 380. The maximum Gasteiger partial charge on any atom is 0.290 e. The summed E-state index contributed by atoms with van der Waals surface area (Å²) in [6, 6.07) is 0.293. The van der Waals surface area contributed by atoms with Gasteiger partial charge in [-0.3, -0.25) is 9.59 Å². The minimum absolute atomic E-state index is 0.0654. The molecular weight excluding hydrogens is 330 g/mol. The number of amides is 1. The van der Waals surface area contributed by atoms with Crippen molar-refractivity contribution in [2.45, 2.75) is 93.0 Å². The Kier molecular flexibility index (Phi) is 14.6. The molecule has 0 saturated carbocycles. The van der Waals surface area contributed by atoms with Crippen molar-refractivity contribution in [3.05, 3.63) is 0 Å². The number of carboxylic acid groups (broad SMARTS) is 1. The van der Waals surface area contributed by atoms with Crippen LogP contribution in [0.3, 0.4) is 0 Å². The van der Waals surface area contributed by atoms with Crippen molar-refractivity contribution < 1.29 is 19.4 Å². The van der Waals surface area contributed by atoms with Gasteiger partial charge in [-0.15, -0.1) is 0 Å². The summed E-state index contributed by atoms with van der Waals surface area (Å²) >= 11 is 0. The molecule has 1 saturated heterocycles. The molecule has 156 valence electrons. The molecule has 1 N–H and O–H groups in total. The molecule has 0 spiro atoms. The molecule has 5 nitrogen and oxygen atoms in total. The van der Waals surface area contributed by atoms with Gasteiger partial charge in [0, 0.05) is 20.1 Å². The first-order chi connectivity index (χ1) is 12.1. The predicted octanol–water partition coefficient (Wildman–Crippen LogP) is 4.98. The van der Waals surface area contributed by atoms with Crippen LogP contribution >= 0.6 is 0 Å². The topological polar surface area (TPSA) is 66.8 Å². The highest BCUT2D eigenvalue weighted by atomic mass is 16.5. The molecular formula is C21H43NO4. The minimum Gasteiger partial charge on any atom is -0.483 e. The molecule has 1 atom stereocenters. The van der Waals surface area contributed by atoms with Gasteiger partial charge in [0.05, 0.1) is 12.6 Å². The van der Waals surface area contributed by atoms with Crippen molar-refractivity contribution in [1.82, 2.24) is 4.90 Å². The van der Waals surface area contributed by atoms with E-state index < -0.39 is 0 Å². The fourth-order valence-electron chi connectivity index (χ4n) is 4.16. The van der Waals surface area contributed by atoms with Gasteiger partial charge in [-0.2, -0.15) is 0 Å². The molecule has 0 aliphatic carbocycles. The van der Waals surface area contributed by atoms with E-state index in [1.807, 2.05) is 13.8 Å². The third-order valence-corrected chi connectivity index (χ3v) is 4.57. The Balaban J connectivity index is 0. The zero-order valence-corrected chi connectivity index (χ0v) is 18.4. The Morgan fingerprint density at radius 2 is 1.77 bits per heavy atom. The molecule has 1 unspecified atom stereocenters. The largest absolute Gasteiger partial charge is 0.483 e. The highest BCUT2D eigenvalue weighted by Gasteiger charge is 2.34. The van der Waals surface area contributed by atoms with Crippen LogP contribution in [0, 0.1) is 10.8 Å². The fourth-order valence-corrected chi connectivity index (χ4v) is 4.16. The van der Waals surface area contributed by atoms with Crippen LogP contribution in [-0.4, -0.2) is 48.7 Å². The second-order valence-electron chi connectivity index (χ2n) is 8.38. The molecule has 0 aromatic carbocycles. The van der Waals surface area contributed by atoms with Gasteiger partial charge in [0.1, 0.15) is 0 Å². The molecule has 1 aliphatic rings. The summed E-state index contributed by atoms with van der Waals surface area (Å²) in [7, 11) is 1.72. The first-order valence-electron chi connectivity index (χ1n) is 9.98. The number of carbonyl (C=O) groups excluding carboxylic acids is 1. The summed E-state index contributed by atoms with van der Waals surface area (Å²) in [5, 5.41) is 6.89. The zero-order chi connectivity index (χ0) is 20.8. The van der Waals surface area contributed by atoms with Crippen LogP contribution in [0.5, 0.6) is 0 Å². The fraction of sp³-hybridized carbons (Fsp3) is 0.905. The number of likely N-dealkylation sites (tertiary alicyclic amines) is 1. The lowest BCUT2D eigenvalue weighted by Gasteiger charge is -2.36. The Morgan fingerprint density at radius 3 is 2.23 bits per heavy atom. The van der Waals surface area contributed by atoms with E-state index in [9.17, 15) is 4.79 Å². The van der Waals surface area contributed by atoms with Gasteiger partial charge in [0.25, 0.3) is 6.47 Å². The average molecular weight is 374 g/mol. The number of hydrogen-bond donors (Lipinski definition) is 1. The van der Waals surface area contributed by atoms with Gasteiger partial charge in [0.2, 0.25) is 5.91 Å². The SMILES string of the molecule is CC.CCCC(C)(C)CC(C)(C)CC(=O)N1CCCC1COC.O=CO. The van der Waals surface area contributed by atoms with Gasteiger partial charge in [-0.25, -0.2) is 0 Å². The normalized spacial score (nSPS) is 16.9. The molecule has 1 aliphatic heterocycles. The summed E-state index contributed by atoms with van der Waals surface area (Å²) in [4.78, 5) is 23.1. The second kappa shape index (κ2) is 14.0. The van der Waals surface area contributed by atoms with Crippen LogP contribution in [0.2, 0.25) is 0 Å². The monoisotopic (exact) mass is 373 g/mol. The summed E-state index contributed by atoms with van der Waals surface area (Å²) in [5.74, 6) is 0.312. The van der Waals surface area contributed by atoms with E-state index in [1.165, 1.54) is 12.8 Å². The van der Waals surface area contributed by atoms with Gasteiger partial charge in [-0.05, 0) is 36.5 Å². The lowest BCUT2D eigenvalue weighted by Crippen LogP contribution is -2.40. The van der Waals surface area contributed by atoms with E-state index in [4.69, 9.17) is 14.6 Å². The van der Waals surface area contributed by atoms with E-state index in [0.29, 0.717) is 30.4 Å². The van der Waals surface area contributed by atoms with Crippen LogP contribution in [0.25, 0.3) is 0 Å². The Hall–Kier alpha value is -1.10. The van der Waals surface area contributed by atoms with Gasteiger partial charge >= 0.3 is 0 Å². The van der Waals surface area contributed by atoms with Crippen molar-refractivity contribution in [3.63, 3.8) is 0 Å². The second-order valence-corrected chi connectivity index (χ2v) is 8.38. The van der Waals surface area contributed by atoms with Crippen LogP contribution in [0.1, 0.15) is 87.0 Å². The first kappa shape index (κ1) is 27.1. The third-order valence-electron chi connectivity index (χ3n) is 4.57. The summed E-state index contributed by atoms with van der Waals surface area (Å²) in [6.07, 6.45) is 6.38. The van der Waals surface area contributed by atoms with Gasteiger partial charge in [0.15, 0.2) is 0 Å². The smallest absolute Gasteiger partial charge is 0.290 e. The Labute approximate surface area is 161 Å². The van der Waals surface area contributed by atoms with Crippen LogP contribution in [-0.2, 0) is 14.3 Å². The summed E-state index contributed by atoms with van der Waals surface area (Å²) in [6.45, 7) is 16.7. The highest BCUT2D eigenvalue weighted by Crippen LogP contribution is 2.39. The summed E-state index contributed by atoms with van der Waals surface area (Å²) in [5.41, 5.74) is 0.380. The standard InChI is InChI=1S/C18H35NO2.C2H6.CH2O2/c1-7-10-17(2,3)14-18(4,5)12-16(20)19-11-8-9-15(19)13-21-6;1-2;2-1-3/h15H,7-14H2,1-6H3;1-2H3;1H,(H,2,3). The number of rotatable bonds is 8. The van der Waals surface area contributed by atoms with Crippen molar-refractivity contribution in [1.29, 1.82) is 0 Å². The van der Waals surface area contributed by atoms with Crippen LogP contribution in [0.15, 0.2) is 0 Å². The molecule has 26 heavy (non-hydrogen) atoms. The molecule has 1 heterocycles. The molecule has 1 rings (SSSR count). The number of carbonyl (C=O) groups is 2. The average Bonchev–Trinajstić information content (AvgIpc) is 2.97. The van der Waals surface area contributed by atoms with Crippen molar-refractivity contribution in [2.24, 2.45) is 10.8 Å². The van der Waals surface area contributed by atoms with Crippen LogP contribution in [0.4, 0.5) is 0 Å². The number of hydrogen-bond acceptors (Lipinski definition) is 3. The van der Waals surface area contributed by atoms with E-state index >= 15 is 0 Å². The maximum atomic E-state index is 12.7. The molecule has 1 amide bonds. The lowest BCUT2D eigenvalue weighted by molar-refractivity contribution is -0.135. The maximum absolute atomic E-state index is 12.7. The van der Waals surface area contributed by atoms with Gasteiger partial charge < -0.3 is 14.7 Å². The van der Waals surface area contributed by atoms with E-state index in [0.717, 1.165) is 25.8 Å². The molecule has 0 radical (unpaired) electrons. The number of methoxy groups -OCH3 is 1. The van der Waals surface area contributed by atoms with Crippen LogP contribution < -0.4 is 0 Å². The zero-order valence-electron chi connectivity index (χ0n) is 18.4. The van der Waals surface area contributed by atoms with E-state index in [2.05, 4.69) is 39.5 Å². The van der Waals surface area contributed by atoms with E-state index in [1.54, 1.807) is 7.11 Å². The molecule has 1 fully saturated rings. The Morgan fingerprint density at radius 1 is 1.23 bits per heavy atom. The van der Waals surface area contributed by atoms with Crippen molar-refractivity contribution in [2.75, 3.05) is 20.3 Å². The van der Waals surface area contributed by atoms with Crippen molar-refractivity contribution >= 4 is 12.4 Å². The molecule has 0 aromatic rings. The minimum atomic E-state index is -0.250. The quantitative estimate of drug-likeness (QED) is 0.609. The van der Waals surface area contributed by atoms with E-state index in [-0.39, 0.29) is 11.9 Å². The van der Waals surface area contributed by atoms with Gasteiger partial charge in [-0.1, -0.05) is 54.9 Å². The molecule has 0 bridgehead atoms. The predicted molar refractivity (Wildman–Crippen MR) is 108 cm³/mol. The number of nitrogens with zero attached hydrogens (tertiary/aromatic N) is 1. The number of ether oxygens (including phenoxy) is 1. The third kappa shape index (κ3) is 11.5. The first-order valence-corrected chi connectivity index (χ1v) is 9.98. The highest BCUT2D eigenvalue weighted by molar-refractivity contribution is 5.77. The molecule has 0 aromatic heterocycles. The molecule has 5 heteroatoms. The summed E-state index contributed by atoms with van der Waals surface area (Å²) < 4.78 is 5.25. The van der Waals surface area contributed by atoms with Crippen molar-refractivity contribution in [3.8, 4) is 0 Å².